The van der Waals surface area contributed by atoms with Gasteiger partial charge in [-0.3, -0.25) is 0 Å². The van der Waals surface area contributed by atoms with Gasteiger partial charge in [0.15, 0.2) is 0 Å². The van der Waals surface area contributed by atoms with Crippen molar-refractivity contribution < 1.29 is 9.47 Å². The topological polar surface area (TPSA) is 18.5 Å². The fourth-order valence-corrected chi connectivity index (χ4v) is 1.32. The van der Waals surface area contributed by atoms with Crippen LogP contribution < -0.4 is 0 Å². The zero-order chi connectivity index (χ0) is 10.1. The molecule has 0 heterocycles. The van der Waals surface area contributed by atoms with Crippen molar-refractivity contribution in [2.24, 2.45) is 0 Å². The molecular weight excluding hydrogens is 204 g/mol. The minimum atomic E-state index is 0.252. The van der Waals surface area contributed by atoms with Gasteiger partial charge in [0, 0.05) is 11.5 Å². The summed E-state index contributed by atoms with van der Waals surface area (Å²) in [7, 11) is 0. The Bertz CT molecular complexity index is 99.8. The molecular formula is C9H20O2S2. The third-order valence-electron chi connectivity index (χ3n) is 1.65. The zero-order valence-electron chi connectivity index (χ0n) is 8.40. The van der Waals surface area contributed by atoms with Crippen LogP contribution in [0.5, 0.6) is 0 Å². The quantitative estimate of drug-likeness (QED) is 0.615. The summed E-state index contributed by atoms with van der Waals surface area (Å²) in [5, 5.41) is 0. The molecule has 0 aromatic carbocycles. The monoisotopic (exact) mass is 224 g/mol. The van der Waals surface area contributed by atoms with Crippen molar-refractivity contribution in [2.75, 3.05) is 24.7 Å². The summed E-state index contributed by atoms with van der Waals surface area (Å²) >= 11 is 8.15. The maximum absolute atomic E-state index is 5.47. The van der Waals surface area contributed by atoms with Crippen molar-refractivity contribution in [3.05, 3.63) is 0 Å². The highest BCUT2D eigenvalue weighted by atomic mass is 32.1. The molecule has 0 saturated carbocycles. The van der Waals surface area contributed by atoms with E-state index in [1.54, 1.807) is 0 Å². The van der Waals surface area contributed by atoms with Crippen molar-refractivity contribution in [3.63, 3.8) is 0 Å². The van der Waals surface area contributed by atoms with Crippen LogP contribution in [-0.2, 0) is 9.47 Å². The first-order valence-electron chi connectivity index (χ1n) is 4.65. The van der Waals surface area contributed by atoms with Crippen LogP contribution in [0, 0.1) is 0 Å². The molecule has 2 unspecified atom stereocenters. The first-order chi connectivity index (χ1) is 6.20. The SMILES string of the molecule is CC(CC(C)OCCS)OCCS. The molecule has 2 nitrogen and oxygen atoms in total. The van der Waals surface area contributed by atoms with Crippen LogP contribution in [0.4, 0.5) is 0 Å². The second kappa shape index (κ2) is 9.19. The van der Waals surface area contributed by atoms with E-state index >= 15 is 0 Å². The third-order valence-corrected chi connectivity index (χ3v) is 2.02. The van der Waals surface area contributed by atoms with Crippen LogP contribution in [-0.4, -0.2) is 36.9 Å². The summed E-state index contributed by atoms with van der Waals surface area (Å²) in [6.45, 7) is 5.54. The third kappa shape index (κ3) is 8.94. The molecule has 0 N–H and O–H groups in total. The number of rotatable bonds is 8. The van der Waals surface area contributed by atoms with Crippen LogP contribution in [0.15, 0.2) is 0 Å². The van der Waals surface area contributed by atoms with Crippen LogP contribution in [0.1, 0.15) is 20.3 Å². The average molecular weight is 224 g/mol. The van der Waals surface area contributed by atoms with Crippen LogP contribution in [0.2, 0.25) is 0 Å². The van der Waals surface area contributed by atoms with Gasteiger partial charge in [-0.25, -0.2) is 0 Å². The second-order valence-electron chi connectivity index (χ2n) is 3.05. The van der Waals surface area contributed by atoms with E-state index in [4.69, 9.17) is 9.47 Å². The van der Waals surface area contributed by atoms with Gasteiger partial charge in [0.2, 0.25) is 0 Å². The summed E-state index contributed by atoms with van der Waals surface area (Å²) in [4.78, 5) is 0. The molecule has 0 fully saturated rings. The van der Waals surface area contributed by atoms with E-state index in [0.29, 0.717) is 13.2 Å². The molecule has 80 valence electrons. The van der Waals surface area contributed by atoms with Crippen molar-refractivity contribution in [2.45, 2.75) is 32.5 Å². The van der Waals surface area contributed by atoms with Crippen LogP contribution in [0.25, 0.3) is 0 Å². The van der Waals surface area contributed by atoms with E-state index in [1.165, 1.54) is 0 Å². The molecule has 0 saturated heterocycles. The first kappa shape index (κ1) is 13.6. The number of thiol groups is 2. The smallest absolute Gasteiger partial charge is 0.0572 e. The van der Waals surface area contributed by atoms with E-state index < -0.39 is 0 Å². The van der Waals surface area contributed by atoms with Crippen molar-refractivity contribution in [3.8, 4) is 0 Å². The summed E-state index contributed by atoms with van der Waals surface area (Å²) in [6, 6.07) is 0. The Morgan fingerprint density at radius 3 is 1.62 bits per heavy atom. The van der Waals surface area contributed by atoms with Gasteiger partial charge in [0.05, 0.1) is 25.4 Å². The van der Waals surface area contributed by atoms with E-state index in [1.807, 2.05) is 0 Å². The number of hydrogen-bond donors (Lipinski definition) is 2. The van der Waals surface area contributed by atoms with Gasteiger partial charge in [-0.2, -0.15) is 25.3 Å². The normalized spacial score (nSPS) is 15.7. The van der Waals surface area contributed by atoms with E-state index in [2.05, 4.69) is 39.1 Å². The zero-order valence-corrected chi connectivity index (χ0v) is 10.2. The molecule has 0 aliphatic heterocycles. The van der Waals surface area contributed by atoms with Crippen molar-refractivity contribution >= 4 is 25.3 Å². The molecule has 4 heteroatoms. The largest absolute Gasteiger partial charge is 0.378 e. The Balaban J connectivity index is 3.35. The molecule has 0 radical (unpaired) electrons. The highest BCUT2D eigenvalue weighted by Gasteiger charge is 2.08. The van der Waals surface area contributed by atoms with Crippen LogP contribution in [0.3, 0.4) is 0 Å². The minimum Gasteiger partial charge on any atom is -0.378 e. The first-order valence-corrected chi connectivity index (χ1v) is 5.92. The highest BCUT2D eigenvalue weighted by molar-refractivity contribution is 7.80. The lowest BCUT2D eigenvalue weighted by Gasteiger charge is -2.17. The lowest BCUT2D eigenvalue weighted by atomic mass is 10.2. The molecule has 0 aromatic rings. The molecule has 0 rings (SSSR count). The van der Waals surface area contributed by atoms with Crippen LogP contribution >= 0.6 is 25.3 Å². The molecule has 13 heavy (non-hydrogen) atoms. The lowest BCUT2D eigenvalue weighted by molar-refractivity contribution is 0.00704. The second-order valence-corrected chi connectivity index (χ2v) is 3.94. The number of ether oxygens (including phenoxy) is 2. The van der Waals surface area contributed by atoms with Crippen molar-refractivity contribution in [1.29, 1.82) is 0 Å². The Labute approximate surface area is 92.2 Å². The van der Waals surface area contributed by atoms with Gasteiger partial charge in [0.25, 0.3) is 0 Å². The maximum atomic E-state index is 5.47. The summed E-state index contributed by atoms with van der Waals surface area (Å²) in [6.07, 6.45) is 1.44. The maximum Gasteiger partial charge on any atom is 0.0572 e. The van der Waals surface area contributed by atoms with Gasteiger partial charge in [-0.15, -0.1) is 0 Å². The molecule has 0 spiro atoms. The Kier molecular flexibility index (Phi) is 9.62. The Morgan fingerprint density at radius 2 is 1.31 bits per heavy atom. The molecule has 0 aliphatic carbocycles. The Hall–Kier alpha value is 0.620. The van der Waals surface area contributed by atoms with Gasteiger partial charge in [-0.05, 0) is 20.3 Å². The fourth-order valence-electron chi connectivity index (χ4n) is 1.11. The summed E-state index contributed by atoms with van der Waals surface area (Å²) in [5.74, 6) is 1.55. The van der Waals surface area contributed by atoms with E-state index in [9.17, 15) is 0 Å². The van der Waals surface area contributed by atoms with Crippen molar-refractivity contribution in [1.82, 2.24) is 0 Å². The average Bonchev–Trinajstić information content (AvgIpc) is 2.11. The summed E-state index contributed by atoms with van der Waals surface area (Å²) < 4.78 is 10.9. The van der Waals surface area contributed by atoms with Gasteiger partial charge >= 0.3 is 0 Å². The van der Waals surface area contributed by atoms with Gasteiger partial charge < -0.3 is 9.47 Å². The molecule has 2 atom stereocenters. The summed E-state index contributed by atoms with van der Waals surface area (Å²) in [5.41, 5.74) is 0. The van der Waals surface area contributed by atoms with E-state index in [-0.39, 0.29) is 12.2 Å². The van der Waals surface area contributed by atoms with E-state index in [0.717, 1.165) is 17.9 Å². The predicted molar refractivity (Wildman–Crippen MR) is 63.2 cm³/mol. The fraction of sp³-hybridized carbons (Fsp3) is 1.00. The Morgan fingerprint density at radius 1 is 0.923 bits per heavy atom. The molecule has 0 amide bonds. The molecule has 0 aliphatic rings. The predicted octanol–water partition coefficient (Wildman–Crippen LogP) is 2.05. The minimum absolute atomic E-state index is 0.252. The lowest BCUT2D eigenvalue weighted by Crippen LogP contribution is -2.20. The van der Waals surface area contributed by atoms with Gasteiger partial charge in [-0.1, -0.05) is 0 Å². The van der Waals surface area contributed by atoms with Gasteiger partial charge in [0.1, 0.15) is 0 Å². The molecule has 0 aromatic heterocycles. The number of hydrogen-bond acceptors (Lipinski definition) is 4. The molecule has 0 bridgehead atoms. The highest BCUT2D eigenvalue weighted by Crippen LogP contribution is 2.05. The standard InChI is InChI=1S/C9H20O2S2/c1-8(10-3-5-12)7-9(2)11-4-6-13/h8-9,12-13H,3-7H2,1-2H3.